The molecule has 1 aromatic heterocycles. The molecule has 0 saturated heterocycles. The molecule has 2 N–H and O–H groups in total. The lowest BCUT2D eigenvalue weighted by Gasteiger charge is -2.06. The van der Waals surface area contributed by atoms with Gasteiger partial charge in [0.2, 0.25) is 0 Å². The van der Waals surface area contributed by atoms with Crippen molar-refractivity contribution in [2.45, 2.75) is 30.7 Å². The van der Waals surface area contributed by atoms with Gasteiger partial charge in [0.15, 0.2) is 5.16 Å². The molecule has 0 unspecified atom stereocenters. The predicted octanol–water partition coefficient (Wildman–Crippen LogP) is 2.88. The number of thioether (sulfide) groups is 1. The molecule has 110 valence electrons. The summed E-state index contributed by atoms with van der Waals surface area (Å²) in [6, 6.07) is 8.18. The van der Waals surface area contributed by atoms with Gasteiger partial charge < -0.3 is 10.1 Å². The molecule has 6 heteroatoms. The molecule has 2 rings (SSSR count). The number of carbonyl (C=O) groups is 1. The highest BCUT2D eigenvalue weighted by atomic mass is 32.2. The standard InChI is InChI=1S/C15H16N2O3S/c1-9(2)12-7-13(18)17-15(16-12)21-8-10-3-5-11(6-4-10)14(19)20/h3-7,9H,8H2,1-2H3,(H,19,20)(H,16,17,18). The molecule has 0 aliphatic rings. The fraction of sp³-hybridized carbons (Fsp3) is 0.267. The third-order valence-corrected chi connectivity index (χ3v) is 3.85. The fourth-order valence-corrected chi connectivity index (χ4v) is 2.55. The Kier molecular flexibility index (Phi) is 4.80. The minimum atomic E-state index is -0.940. The van der Waals surface area contributed by atoms with E-state index >= 15 is 0 Å². The topological polar surface area (TPSA) is 83.0 Å². The molecule has 0 spiro atoms. The highest BCUT2D eigenvalue weighted by Gasteiger charge is 2.07. The van der Waals surface area contributed by atoms with Crippen molar-refractivity contribution in [3.05, 3.63) is 57.5 Å². The quantitative estimate of drug-likeness (QED) is 0.655. The lowest BCUT2D eigenvalue weighted by atomic mass is 10.1. The average molecular weight is 304 g/mol. The number of hydrogen-bond donors (Lipinski definition) is 2. The monoisotopic (exact) mass is 304 g/mol. The lowest BCUT2D eigenvalue weighted by Crippen LogP contribution is -2.10. The average Bonchev–Trinajstić information content (AvgIpc) is 2.45. The summed E-state index contributed by atoms with van der Waals surface area (Å²) in [5.74, 6) is -0.129. The summed E-state index contributed by atoms with van der Waals surface area (Å²) >= 11 is 1.42. The maximum absolute atomic E-state index is 11.6. The Bertz CT molecular complexity index is 693. The summed E-state index contributed by atoms with van der Waals surface area (Å²) in [6.07, 6.45) is 0. The Balaban J connectivity index is 2.09. The van der Waals surface area contributed by atoms with E-state index in [1.54, 1.807) is 24.3 Å². The Morgan fingerprint density at radius 3 is 2.57 bits per heavy atom. The number of aromatic nitrogens is 2. The third-order valence-electron chi connectivity index (χ3n) is 2.91. The minimum absolute atomic E-state index is 0.155. The predicted molar refractivity (Wildman–Crippen MR) is 81.9 cm³/mol. The maximum atomic E-state index is 11.6. The van der Waals surface area contributed by atoms with Crippen molar-refractivity contribution >= 4 is 17.7 Å². The van der Waals surface area contributed by atoms with Gasteiger partial charge in [0.05, 0.1) is 11.3 Å². The summed E-state index contributed by atoms with van der Waals surface area (Å²) in [6.45, 7) is 3.97. The Hall–Kier alpha value is -2.08. The third kappa shape index (κ3) is 4.19. The zero-order valence-corrected chi connectivity index (χ0v) is 12.6. The van der Waals surface area contributed by atoms with E-state index in [1.165, 1.54) is 17.8 Å². The van der Waals surface area contributed by atoms with E-state index in [9.17, 15) is 9.59 Å². The van der Waals surface area contributed by atoms with Crippen molar-refractivity contribution < 1.29 is 9.90 Å². The van der Waals surface area contributed by atoms with Crippen LogP contribution in [0.25, 0.3) is 0 Å². The first-order valence-electron chi connectivity index (χ1n) is 6.52. The van der Waals surface area contributed by atoms with Crippen LogP contribution < -0.4 is 5.56 Å². The van der Waals surface area contributed by atoms with E-state index in [0.717, 1.165) is 11.3 Å². The molecule has 21 heavy (non-hydrogen) atoms. The molecule has 0 bridgehead atoms. The number of aromatic amines is 1. The highest BCUT2D eigenvalue weighted by Crippen LogP contribution is 2.20. The van der Waals surface area contributed by atoms with Crippen molar-refractivity contribution in [2.24, 2.45) is 0 Å². The molecule has 5 nitrogen and oxygen atoms in total. The Labute approximate surface area is 126 Å². The van der Waals surface area contributed by atoms with Gasteiger partial charge in [-0.2, -0.15) is 0 Å². The molecule has 0 aliphatic carbocycles. The van der Waals surface area contributed by atoms with Crippen LogP contribution in [0.3, 0.4) is 0 Å². The summed E-state index contributed by atoms with van der Waals surface area (Å²) in [4.78, 5) is 29.5. The second-order valence-electron chi connectivity index (χ2n) is 4.92. The first-order valence-corrected chi connectivity index (χ1v) is 7.50. The molecule has 2 aromatic rings. The molecule has 0 saturated carbocycles. The van der Waals surface area contributed by atoms with E-state index in [0.29, 0.717) is 10.9 Å². The largest absolute Gasteiger partial charge is 0.478 e. The molecule has 0 aliphatic heterocycles. The van der Waals surface area contributed by atoms with Crippen LogP contribution in [0.5, 0.6) is 0 Å². The molecule has 0 amide bonds. The molecule has 1 aromatic carbocycles. The smallest absolute Gasteiger partial charge is 0.335 e. The number of benzene rings is 1. The van der Waals surface area contributed by atoms with Gasteiger partial charge in [-0.3, -0.25) is 4.79 Å². The number of aromatic carboxylic acids is 1. The summed E-state index contributed by atoms with van der Waals surface area (Å²) in [7, 11) is 0. The van der Waals surface area contributed by atoms with Crippen LogP contribution in [0.4, 0.5) is 0 Å². The fourth-order valence-electron chi connectivity index (χ4n) is 1.71. The summed E-state index contributed by atoms with van der Waals surface area (Å²) in [5.41, 5.74) is 1.85. The van der Waals surface area contributed by atoms with E-state index < -0.39 is 5.97 Å². The zero-order valence-electron chi connectivity index (χ0n) is 11.8. The van der Waals surface area contributed by atoms with Gasteiger partial charge >= 0.3 is 5.97 Å². The first-order chi connectivity index (χ1) is 9.95. The summed E-state index contributed by atoms with van der Waals surface area (Å²) < 4.78 is 0. The number of hydrogen-bond acceptors (Lipinski definition) is 4. The number of H-pyrrole nitrogens is 1. The molecular weight excluding hydrogens is 288 g/mol. The maximum Gasteiger partial charge on any atom is 0.335 e. The first kappa shape index (κ1) is 15.3. The van der Waals surface area contributed by atoms with Crippen molar-refractivity contribution in [3.63, 3.8) is 0 Å². The Morgan fingerprint density at radius 1 is 1.33 bits per heavy atom. The van der Waals surface area contributed by atoms with Crippen LogP contribution in [0.2, 0.25) is 0 Å². The van der Waals surface area contributed by atoms with E-state index in [-0.39, 0.29) is 17.0 Å². The normalized spacial score (nSPS) is 10.8. The number of nitrogens with one attached hydrogen (secondary N) is 1. The van der Waals surface area contributed by atoms with Crippen molar-refractivity contribution in [1.82, 2.24) is 9.97 Å². The Morgan fingerprint density at radius 2 is 2.00 bits per heavy atom. The second-order valence-corrected chi connectivity index (χ2v) is 5.88. The van der Waals surface area contributed by atoms with Gasteiger partial charge in [-0.1, -0.05) is 37.7 Å². The van der Waals surface area contributed by atoms with Crippen molar-refractivity contribution in [3.8, 4) is 0 Å². The number of rotatable bonds is 5. The SMILES string of the molecule is CC(C)c1cc(=O)[nH]c(SCc2ccc(C(=O)O)cc2)n1. The van der Waals surface area contributed by atoms with Crippen LogP contribution >= 0.6 is 11.8 Å². The number of carboxylic acid groups (broad SMARTS) is 1. The van der Waals surface area contributed by atoms with Crippen LogP contribution in [-0.2, 0) is 5.75 Å². The molecule has 0 radical (unpaired) electrons. The van der Waals surface area contributed by atoms with Crippen molar-refractivity contribution in [2.75, 3.05) is 0 Å². The summed E-state index contributed by atoms with van der Waals surface area (Å²) in [5, 5.41) is 9.42. The van der Waals surface area contributed by atoms with Crippen molar-refractivity contribution in [1.29, 1.82) is 0 Å². The minimum Gasteiger partial charge on any atom is -0.478 e. The van der Waals surface area contributed by atoms with E-state index in [4.69, 9.17) is 5.11 Å². The highest BCUT2D eigenvalue weighted by molar-refractivity contribution is 7.98. The van der Waals surface area contributed by atoms with Gasteiger partial charge in [-0.15, -0.1) is 0 Å². The molecular formula is C15H16N2O3S. The van der Waals surface area contributed by atoms with Crippen LogP contribution in [0, 0.1) is 0 Å². The van der Waals surface area contributed by atoms with E-state index in [2.05, 4.69) is 9.97 Å². The second kappa shape index (κ2) is 6.58. The zero-order chi connectivity index (χ0) is 15.4. The van der Waals surface area contributed by atoms with Crippen LogP contribution in [0.15, 0.2) is 40.3 Å². The van der Waals surface area contributed by atoms with Gasteiger partial charge in [-0.25, -0.2) is 9.78 Å². The van der Waals surface area contributed by atoms with E-state index in [1.807, 2.05) is 13.8 Å². The van der Waals surface area contributed by atoms with Gasteiger partial charge in [0, 0.05) is 11.8 Å². The number of nitrogens with zero attached hydrogens (tertiary/aromatic N) is 1. The van der Waals surface area contributed by atoms with Gasteiger partial charge in [0.25, 0.3) is 5.56 Å². The van der Waals surface area contributed by atoms with Crippen LogP contribution in [-0.4, -0.2) is 21.0 Å². The number of carboxylic acids is 1. The molecule has 0 fully saturated rings. The van der Waals surface area contributed by atoms with Gasteiger partial charge in [0.1, 0.15) is 0 Å². The lowest BCUT2D eigenvalue weighted by molar-refractivity contribution is 0.0697. The van der Waals surface area contributed by atoms with Crippen LogP contribution in [0.1, 0.15) is 41.4 Å². The van der Waals surface area contributed by atoms with Gasteiger partial charge in [-0.05, 0) is 23.6 Å². The molecule has 1 heterocycles. The molecule has 0 atom stereocenters.